The van der Waals surface area contributed by atoms with Gasteiger partial charge in [0.2, 0.25) is 0 Å². The van der Waals surface area contributed by atoms with Gasteiger partial charge in [-0.2, -0.15) is 5.10 Å². The van der Waals surface area contributed by atoms with Crippen LogP contribution in [-0.4, -0.2) is 39.3 Å². The third-order valence-electron chi connectivity index (χ3n) is 6.60. The van der Waals surface area contributed by atoms with E-state index in [4.69, 9.17) is 0 Å². The molecule has 4 nitrogen and oxygen atoms in total. The minimum absolute atomic E-state index is 0.631. The van der Waals surface area contributed by atoms with Gasteiger partial charge < -0.3 is 5.32 Å². The molecule has 2 saturated heterocycles. The molecule has 4 heteroatoms. The highest BCUT2D eigenvalue weighted by Gasteiger charge is 2.43. The summed E-state index contributed by atoms with van der Waals surface area (Å²) in [5.74, 6) is 0. The van der Waals surface area contributed by atoms with E-state index in [1.807, 2.05) is 6.20 Å². The van der Waals surface area contributed by atoms with Crippen molar-refractivity contribution in [2.75, 3.05) is 5.32 Å². The Morgan fingerprint density at radius 3 is 2.54 bits per heavy atom. The molecule has 1 saturated carbocycles. The summed E-state index contributed by atoms with van der Waals surface area (Å²) >= 11 is 0. The average Bonchev–Trinajstić information content (AvgIpc) is 3.18. The van der Waals surface area contributed by atoms with Gasteiger partial charge in [0.15, 0.2) is 0 Å². The first-order chi connectivity index (χ1) is 11.9. The maximum atomic E-state index is 4.13. The Morgan fingerprint density at radius 1 is 0.958 bits per heavy atom. The maximum Gasteiger partial charge on any atom is 0.0651 e. The molecule has 128 valence electrons. The van der Waals surface area contributed by atoms with E-state index in [1.54, 1.807) is 0 Å². The molecule has 3 heterocycles. The molecule has 2 aromatic rings. The molecule has 0 amide bonds. The largest absolute Gasteiger partial charge is 0.382 e. The number of rotatable bonds is 3. The Labute approximate surface area is 144 Å². The predicted octanol–water partition coefficient (Wildman–Crippen LogP) is 4.30. The van der Waals surface area contributed by atoms with Crippen molar-refractivity contribution in [2.45, 2.75) is 82.0 Å². The van der Waals surface area contributed by atoms with Gasteiger partial charge in [-0.1, -0.05) is 19.3 Å². The van der Waals surface area contributed by atoms with Crippen LogP contribution in [0.3, 0.4) is 0 Å². The summed E-state index contributed by atoms with van der Waals surface area (Å²) in [7, 11) is 0. The monoisotopic (exact) mass is 324 g/mol. The van der Waals surface area contributed by atoms with Crippen molar-refractivity contribution >= 4 is 16.6 Å². The molecule has 3 aliphatic rings. The smallest absolute Gasteiger partial charge is 0.0651 e. The number of nitrogens with zero attached hydrogens (tertiary/aromatic N) is 2. The highest BCUT2D eigenvalue weighted by atomic mass is 15.3. The van der Waals surface area contributed by atoms with Gasteiger partial charge >= 0.3 is 0 Å². The number of hydrogen-bond acceptors (Lipinski definition) is 3. The van der Waals surface area contributed by atoms with E-state index in [2.05, 4.69) is 38.6 Å². The van der Waals surface area contributed by atoms with Crippen LogP contribution >= 0.6 is 0 Å². The summed E-state index contributed by atoms with van der Waals surface area (Å²) < 4.78 is 0. The number of anilines is 1. The molecule has 1 aromatic carbocycles. The molecule has 3 fully saturated rings. The molecule has 5 rings (SSSR count). The summed E-state index contributed by atoms with van der Waals surface area (Å²) in [6.07, 6.45) is 14.6. The quantitative estimate of drug-likeness (QED) is 0.884. The average molecular weight is 324 g/mol. The van der Waals surface area contributed by atoms with Gasteiger partial charge in [0, 0.05) is 35.2 Å². The minimum Gasteiger partial charge on any atom is -0.382 e. The number of fused-ring (bicyclic) bond motifs is 3. The zero-order valence-electron chi connectivity index (χ0n) is 14.4. The molecule has 24 heavy (non-hydrogen) atoms. The fourth-order valence-electron chi connectivity index (χ4n) is 5.57. The summed E-state index contributed by atoms with van der Waals surface area (Å²) in [4.78, 5) is 2.94. The molecular weight excluding hydrogens is 296 g/mol. The van der Waals surface area contributed by atoms with Gasteiger partial charge in [0.25, 0.3) is 0 Å². The van der Waals surface area contributed by atoms with Crippen LogP contribution in [0.15, 0.2) is 24.4 Å². The SMILES string of the molecule is c1cc2[nH]ncc2cc1NC1CC2CCC(C1)N2C1CCCCC1. The Bertz CT molecular complexity index is 688. The van der Waals surface area contributed by atoms with Gasteiger partial charge in [-0.25, -0.2) is 0 Å². The molecule has 0 spiro atoms. The number of piperidine rings is 1. The fourth-order valence-corrected chi connectivity index (χ4v) is 5.57. The van der Waals surface area contributed by atoms with Crippen LogP contribution < -0.4 is 5.32 Å². The first-order valence-corrected chi connectivity index (χ1v) is 9.84. The Hall–Kier alpha value is -1.55. The highest BCUT2D eigenvalue weighted by molar-refractivity contribution is 5.81. The van der Waals surface area contributed by atoms with Gasteiger partial charge in [0.05, 0.1) is 11.7 Å². The minimum atomic E-state index is 0.631. The summed E-state index contributed by atoms with van der Waals surface area (Å²) in [5.41, 5.74) is 2.37. The molecule has 1 aromatic heterocycles. The zero-order valence-corrected chi connectivity index (χ0v) is 14.4. The standard InChI is InChI=1S/C20H28N4/c1-2-4-17(5-3-1)24-18-7-8-19(24)12-16(11-18)22-15-6-9-20-14(10-15)13-21-23-20/h6,9-10,13,16-19,22H,1-5,7-8,11-12H2,(H,21,23). The number of nitrogens with one attached hydrogen (secondary N) is 2. The molecular formula is C20H28N4. The van der Waals surface area contributed by atoms with Gasteiger partial charge in [-0.05, 0) is 56.7 Å². The predicted molar refractivity (Wildman–Crippen MR) is 98.3 cm³/mol. The lowest BCUT2D eigenvalue weighted by atomic mass is 9.88. The lowest BCUT2D eigenvalue weighted by Gasteiger charge is -2.45. The topological polar surface area (TPSA) is 44.0 Å². The van der Waals surface area contributed by atoms with Gasteiger partial charge in [-0.15, -0.1) is 0 Å². The maximum absolute atomic E-state index is 4.13. The van der Waals surface area contributed by atoms with E-state index in [1.165, 1.54) is 68.9 Å². The van der Waals surface area contributed by atoms with Crippen LogP contribution in [0.4, 0.5) is 5.69 Å². The van der Waals surface area contributed by atoms with E-state index in [9.17, 15) is 0 Å². The van der Waals surface area contributed by atoms with Crippen LogP contribution in [0.2, 0.25) is 0 Å². The van der Waals surface area contributed by atoms with E-state index < -0.39 is 0 Å². The van der Waals surface area contributed by atoms with Gasteiger partial charge in [0.1, 0.15) is 0 Å². The number of benzene rings is 1. The number of aromatic amines is 1. The van der Waals surface area contributed by atoms with Crippen molar-refractivity contribution in [1.82, 2.24) is 15.1 Å². The van der Waals surface area contributed by atoms with E-state index >= 15 is 0 Å². The number of hydrogen-bond donors (Lipinski definition) is 2. The molecule has 2 N–H and O–H groups in total. The van der Waals surface area contributed by atoms with Crippen LogP contribution in [0.5, 0.6) is 0 Å². The Morgan fingerprint density at radius 2 is 1.75 bits per heavy atom. The van der Waals surface area contributed by atoms with Crippen molar-refractivity contribution in [2.24, 2.45) is 0 Å². The van der Waals surface area contributed by atoms with Crippen LogP contribution in [-0.2, 0) is 0 Å². The molecule has 1 aliphatic carbocycles. The van der Waals surface area contributed by atoms with Crippen LogP contribution in [0.25, 0.3) is 10.9 Å². The lowest BCUT2D eigenvalue weighted by Crippen LogP contribution is -2.52. The molecule has 2 bridgehead atoms. The first-order valence-electron chi connectivity index (χ1n) is 9.84. The third kappa shape index (κ3) is 2.61. The number of H-pyrrole nitrogens is 1. The van der Waals surface area contributed by atoms with E-state index in [0.717, 1.165) is 23.6 Å². The zero-order chi connectivity index (χ0) is 15.9. The normalized spacial score (nSPS) is 31.6. The highest BCUT2D eigenvalue weighted by Crippen LogP contribution is 2.41. The van der Waals surface area contributed by atoms with E-state index in [-0.39, 0.29) is 0 Å². The molecule has 2 atom stereocenters. The molecule has 2 unspecified atom stereocenters. The second-order valence-corrected chi connectivity index (χ2v) is 8.11. The second-order valence-electron chi connectivity index (χ2n) is 8.11. The number of aromatic nitrogens is 2. The van der Waals surface area contributed by atoms with Crippen LogP contribution in [0, 0.1) is 0 Å². The second kappa shape index (κ2) is 6.07. The summed E-state index contributed by atoms with van der Waals surface area (Å²) in [6, 6.07) is 9.72. The first kappa shape index (κ1) is 14.8. The van der Waals surface area contributed by atoms with Crippen molar-refractivity contribution in [3.63, 3.8) is 0 Å². The van der Waals surface area contributed by atoms with E-state index in [0.29, 0.717) is 6.04 Å². The molecule has 2 aliphatic heterocycles. The van der Waals surface area contributed by atoms with Crippen LogP contribution in [0.1, 0.15) is 57.8 Å². The van der Waals surface area contributed by atoms with Crippen molar-refractivity contribution in [3.05, 3.63) is 24.4 Å². The van der Waals surface area contributed by atoms with Crippen molar-refractivity contribution in [1.29, 1.82) is 0 Å². The molecule has 0 radical (unpaired) electrons. The Balaban J connectivity index is 1.28. The summed E-state index contributed by atoms with van der Waals surface area (Å²) in [5, 5.41) is 12.2. The summed E-state index contributed by atoms with van der Waals surface area (Å²) in [6.45, 7) is 0. The fraction of sp³-hybridized carbons (Fsp3) is 0.650. The van der Waals surface area contributed by atoms with Gasteiger partial charge in [-0.3, -0.25) is 10.00 Å². The Kier molecular flexibility index (Phi) is 3.73. The van der Waals surface area contributed by atoms with Crippen molar-refractivity contribution in [3.8, 4) is 0 Å². The van der Waals surface area contributed by atoms with Crippen molar-refractivity contribution < 1.29 is 0 Å². The lowest BCUT2D eigenvalue weighted by molar-refractivity contribution is 0.0607. The third-order valence-corrected chi connectivity index (χ3v) is 6.60.